The summed E-state index contributed by atoms with van der Waals surface area (Å²) in [6.07, 6.45) is 3.60. The van der Waals surface area contributed by atoms with Crippen LogP contribution >= 0.6 is 23.4 Å². The fourth-order valence-corrected chi connectivity index (χ4v) is 2.95. The Labute approximate surface area is 138 Å². The number of anilines is 1. The van der Waals surface area contributed by atoms with Gasteiger partial charge in [0.05, 0.1) is 15.8 Å². The minimum Gasteiger partial charge on any atom is -0.326 e. The molecule has 5 nitrogen and oxygen atoms in total. The van der Waals surface area contributed by atoms with Gasteiger partial charge in [0.1, 0.15) is 6.07 Å². The summed E-state index contributed by atoms with van der Waals surface area (Å²) >= 11 is 7.35. The smallest absolute Gasteiger partial charge is 0.237 e. The molecule has 0 radical (unpaired) electrons. The summed E-state index contributed by atoms with van der Waals surface area (Å²) in [5.41, 5.74) is 0.951. The highest BCUT2D eigenvalue weighted by molar-refractivity contribution is 8.00. The molecule has 1 unspecified atom stereocenters. The second-order valence-corrected chi connectivity index (χ2v) is 6.27. The van der Waals surface area contributed by atoms with E-state index < -0.39 is 0 Å². The molecule has 7 heteroatoms. The summed E-state index contributed by atoms with van der Waals surface area (Å²) in [5.74, 6) is -0.142. The van der Waals surface area contributed by atoms with E-state index in [1.807, 2.05) is 30.7 Å². The van der Waals surface area contributed by atoms with Crippen LogP contribution in [0.4, 0.5) is 5.69 Å². The van der Waals surface area contributed by atoms with Gasteiger partial charge in [-0.3, -0.25) is 4.79 Å². The number of carbonyl (C=O) groups excluding carboxylic acids is 1. The number of nitriles is 1. The number of imidazole rings is 1. The van der Waals surface area contributed by atoms with Gasteiger partial charge in [0.2, 0.25) is 5.91 Å². The molecule has 1 amide bonds. The topological polar surface area (TPSA) is 70.7 Å². The van der Waals surface area contributed by atoms with Crippen molar-refractivity contribution in [2.75, 3.05) is 5.32 Å². The molecule has 0 spiro atoms. The quantitative estimate of drug-likeness (QED) is 0.849. The van der Waals surface area contributed by atoms with Gasteiger partial charge in [-0.2, -0.15) is 5.26 Å². The van der Waals surface area contributed by atoms with Crippen LogP contribution in [-0.2, 0) is 11.3 Å². The number of halogens is 1. The lowest BCUT2D eigenvalue weighted by Crippen LogP contribution is -2.22. The number of amides is 1. The molecule has 1 atom stereocenters. The van der Waals surface area contributed by atoms with E-state index in [1.54, 1.807) is 24.4 Å². The number of nitrogens with one attached hydrogen (secondary N) is 1. The highest BCUT2D eigenvalue weighted by atomic mass is 35.5. The van der Waals surface area contributed by atoms with Crippen molar-refractivity contribution in [3.05, 3.63) is 41.2 Å². The molecular weight excluding hydrogens is 320 g/mol. The highest BCUT2D eigenvalue weighted by Gasteiger charge is 2.17. The van der Waals surface area contributed by atoms with Gasteiger partial charge in [-0.25, -0.2) is 4.98 Å². The first-order valence-corrected chi connectivity index (χ1v) is 7.99. The number of hydrogen-bond acceptors (Lipinski definition) is 4. The molecule has 0 fully saturated rings. The molecule has 0 saturated carbocycles. The predicted octanol–water partition coefficient (Wildman–Crippen LogP) is 3.55. The van der Waals surface area contributed by atoms with Crippen molar-refractivity contribution in [2.45, 2.75) is 30.8 Å². The molecule has 0 aliphatic heterocycles. The van der Waals surface area contributed by atoms with Crippen molar-refractivity contribution >= 4 is 35.0 Å². The number of benzene rings is 1. The van der Waals surface area contributed by atoms with Gasteiger partial charge in [0.15, 0.2) is 5.16 Å². The third kappa shape index (κ3) is 3.81. The monoisotopic (exact) mass is 334 g/mol. The Morgan fingerprint density at radius 2 is 2.36 bits per heavy atom. The van der Waals surface area contributed by atoms with E-state index in [4.69, 9.17) is 16.9 Å². The first-order chi connectivity index (χ1) is 10.5. The molecule has 1 heterocycles. The number of hydrogen-bond donors (Lipinski definition) is 1. The number of nitrogens with zero attached hydrogens (tertiary/aromatic N) is 3. The summed E-state index contributed by atoms with van der Waals surface area (Å²) in [4.78, 5) is 16.5. The minimum absolute atomic E-state index is 0.142. The molecule has 0 aliphatic rings. The second-order valence-electron chi connectivity index (χ2n) is 4.55. The predicted molar refractivity (Wildman–Crippen MR) is 88.0 cm³/mol. The maximum atomic E-state index is 12.2. The first-order valence-electron chi connectivity index (χ1n) is 6.73. The van der Waals surface area contributed by atoms with Crippen LogP contribution in [0.5, 0.6) is 0 Å². The number of aromatic nitrogens is 2. The normalized spacial score (nSPS) is 11.7. The molecule has 2 rings (SSSR count). The maximum Gasteiger partial charge on any atom is 0.237 e. The molecule has 22 heavy (non-hydrogen) atoms. The molecule has 0 saturated heterocycles. The van der Waals surface area contributed by atoms with Crippen molar-refractivity contribution in [1.82, 2.24) is 9.55 Å². The Morgan fingerprint density at radius 1 is 1.59 bits per heavy atom. The van der Waals surface area contributed by atoms with Crippen LogP contribution in [0.1, 0.15) is 19.4 Å². The lowest BCUT2D eigenvalue weighted by Gasteiger charge is -2.12. The number of thioether (sulfide) groups is 1. The lowest BCUT2D eigenvalue weighted by atomic mass is 10.2. The molecule has 2 aromatic rings. The third-order valence-corrected chi connectivity index (χ3v) is 4.46. The number of aryl methyl sites for hydroxylation is 1. The zero-order chi connectivity index (χ0) is 16.1. The standard InChI is InChI=1S/C15H15ClN4OS/c1-3-20-7-6-18-15(20)22-10(2)14(21)19-12-5-4-11(9-17)13(16)8-12/h4-8,10H,3H2,1-2H3,(H,19,21). The fourth-order valence-electron chi connectivity index (χ4n) is 1.79. The van der Waals surface area contributed by atoms with E-state index in [-0.39, 0.29) is 11.2 Å². The molecule has 1 aromatic heterocycles. The highest BCUT2D eigenvalue weighted by Crippen LogP contribution is 2.24. The molecule has 0 bridgehead atoms. The van der Waals surface area contributed by atoms with Crippen molar-refractivity contribution in [3.8, 4) is 6.07 Å². The van der Waals surface area contributed by atoms with Crippen LogP contribution in [0.15, 0.2) is 35.7 Å². The average Bonchev–Trinajstić information content (AvgIpc) is 2.94. The number of carbonyl (C=O) groups is 1. The minimum atomic E-state index is -0.304. The maximum absolute atomic E-state index is 12.2. The van der Waals surface area contributed by atoms with E-state index in [1.165, 1.54) is 11.8 Å². The van der Waals surface area contributed by atoms with Crippen LogP contribution in [0.2, 0.25) is 5.02 Å². The van der Waals surface area contributed by atoms with Gasteiger partial charge in [0.25, 0.3) is 0 Å². The van der Waals surface area contributed by atoms with E-state index in [9.17, 15) is 4.79 Å². The van der Waals surface area contributed by atoms with Crippen molar-refractivity contribution in [2.24, 2.45) is 0 Å². The Hall–Kier alpha value is -1.97. The molecule has 114 valence electrons. The lowest BCUT2D eigenvalue weighted by molar-refractivity contribution is -0.115. The van der Waals surface area contributed by atoms with Gasteiger partial charge in [-0.05, 0) is 32.0 Å². The number of rotatable bonds is 5. The van der Waals surface area contributed by atoms with Crippen LogP contribution in [-0.4, -0.2) is 20.7 Å². The van der Waals surface area contributed by atoms with Crippen LogP contribution < -0.4 is 5.32 Å². The largest absolute Gasteiger partial charge is 0.326 e. The third-order valence-electron chi connectivity index (χ3n) is 3.03. The first kappa shape index (κ1) is 16.4. The second kappa shape index (κ2) is 7.34. The Balaban J connectivity index is 2.02. The zero-order valence-electron chi connectivity index (χ0n) is 12.2. The fraction of sp³-hybridized carbons (Fsp3) is 0.267. The van der Waals surface area contributed by atoms with E-state index >= 15 is 0 Å². The molecule has 0 aliphatic carbocycles. The van der Waals surface area contributed by atoms with Crippen LogP contribution in [0.25, 0.3) is 0 Å². The average molecular weight is 335 g/mol. The molecular formula is C15H15ClN4OS. The van der Waals surface area contributed by atoms with Gasteiger partial charge in [0, 0.05) is 24.6 Å². The Morgan fingerprint density at radius 3 is 3.00 bits per heavy atom. The molecule has 1 aromatic carbocycles. The summed E-state index contributed by atoms with van der Waals surface area (Å²) in [6.45, 7) is 4.65. The zero-order valence-corrected chi connectivity index (χ0v) is 13.8. The Kier molecular flexibility index (Phi) is 5.47. The summed E-state index contributed by atoms with van der Waals surface area (Å²) in [6, 6.07) is 6.80. The van der Waals surface area contributed by atoms with E-state index in [0.29, 0.717) is 16.3 Å². The molecule has 1 N–H and O–H groups in total. The summed E-state index contributed by atoms with van der Waals surface area (Å²) in [7, 11) is 0. The van der Waals surface area contributed by atoms with Crippen LogP contribution in [0.3, 0.4) is 0 Å². The van der Waals surface area contributed by atoms with Crippen molar-refractivity contribution in [3.63, 3.8) is 0 Å². The SMILES string of the molecule is CCn1ccnc1SC(C)C(=O)Nc1ccc(C#N)c(Cl)c1. The van der Waals surface area contributed by atoms with E-state index in [2.05, 4.69) is 10.3 Å². The van der Waals surface area contributed by atoms with Gasteiger partial charge in [-0.15, -0.1) is 0 Å². The van der Waals surface area contributed by atoms with Crippen molar-refractivity contribution < 1.29 is 4.79 Å². The summed E-state index contributed by atoms with van der Waals surface area (Å²) in [5, 5.41) is 12.5. The summed E-state index contributed by atoms with van der Waals surface area (Å²) < 4.78 is 1.98. The Bertz CT molecular complexity index is 723. The van der Waals surface area contributed by atoms with Crippen molar-refractivity contribution in [1.29, 1.82) is 5.26 Å². The van der Waals surface area contributed by atoms with Gasteiger partial charge >= 0.3 is 0 Å². The van der Waals surface area contributed by atoms with Crippen LogP contribution in [0, 0.1) is 11.3 Å². The van der Waals surface area contributed by atoms with Gasteiger partial charge in [-0.1, -0.05) is 23.4 Å². The van der Waals surface area contributed by atoms with Gasteiger partial charge < -0.3 is 9.88 Å². The van der Waals surface area contributed by atoms with E-state index in [0.717, 1.165) is 11.7 Å².